The molecule has 0 atom stereocenters. The number of aromatic nitrogens is 2. The second kappa shape index (κ2) is 11.6. The predicted molar refractivity (Wildman–Crippen MR) is 144 cm³/mol. The maximum atomic E-state index is 13.6. The average Bonchev–Trinajstić information content (AvgIpc) is 3.65. The molecule has 0 aliphatic heterocycles. The number of anilines is 2. The Morgan fingerprint density at radius 1 is 0.878 bits per heavy atom. The standard InChI is InChI=1S/C30H30F6N4O/c1-2-39(17-20-7-3-4-8-20)27-23(15-22-9-5-6-10-26(22)38-27)19-40(28-37-11-12-41-28)18-21-13-24(29(31,32)33)16-25(14-21)30(34,35)36/h5-6,9-16,20H,2-4,7-8,17-19H2,1H3. The summed E-state index contributed by atoms with van der Waals surface area (Å²) in [5, 5.41) is 0.869. The molecule has 2 aromatic heterocycles. The summed E-state index contributed by atoms with van der Waals surface area (Å²) in [6.07, 6.45) is -2.54. The lowest BCUT2D eigenvalue weighted by Gasteiger charge is -2.30. The summed E-state index contributed by atoms with van der Waals surface area (Å²) in [7, 11) is 0. The molecule has 1 saturated carbocycles. The zero-order chi connectivity index (χ0) is 29.2. The predicted octanol–water partition coefficient (Wildman–Crippen LogP) is 8.48. The van der Waals surface area contributed by atoms with Gasteiger partial charge in [0, 0.05) is 30.6 Å². The summed E-state index contributed by atoms with van der Waals surface area (Å²) >= 11 is 0. The number of benzene rings is 2. The van der Waals surface area contributed by atoms with Gasteiger partial charge in [0.25, 0.3) is 6.01 Å². The zero-order valence-electron chi connectivity index (χ0n) is 22.5. The van der Waals surface area contributed by atoms with E-state index in [0.717, 1.165) is 53.8 Å². The minimum Gasteiger partial charge on any atom is -0.432 e. The number of hydrogen-bond acceptors (Lipinski definition) is 5. The Morgan fingerprint density at radius 3 is 2.17 bits per heavy atom. The smallest absolute Gasteiger partial charge is 0.416 e. The van der Waals surface area contributed by atoms with Crippen molar-refractivity contribution < 1.29 is 30.8 Å². The molecule has 0 bridgehead atoms. The Labute approximate surface area is 233 Å². The van der Waals surface area contributed by atoms with Crippen LogP contribution in [0, 0.1) is 5.92 Å². The summed E-state index contributed by atoms with van der Waals surface area (Å²) in [5.41, 5.74) is -1.33. The zero-order valence-corrected chi connectivity index (χ0v) is 22.5. The normalized spacial score (nSPS) is 14.6. The molecule has 0 N–H and O–H groups in total. The Balaban J connectivity index is 1.56. The van der Waals surface area contributed by atoms with Crippen molar-refractivity contribution in [2.75, 3.05) is 22.9 Å². The van der Waals surface area contributed by atoms with Gasteiger partial charge in [0.05, 0.1) is 29.4 Å². The number of para-hydroxylation sites is 1. The number of hydrogen-bond donors (Lipinski definition) is 0. The quantitative estimate of drug-likeness (QED) is 0.187. The molecule has 218 valence electrons. The van der Waals surface area contributed by atoms with Gasteiger partial charge in [-0.2, -0.15) is 26.3 Å². The van der Waals surface area contributed by atoms with E-state index in [9.17, 15) is 26.3 Å². The van der Waals surface area contributed by atoms with E-state index in [4.69, 9.17) is 9.40 Å². The van der Waals surface area contributed by atoms with Crippen molar-refractivity contribution in [2.24, 2.45) is 5.92 Å². The van der Waals surface area contributed by atoms with Gasteiger partial charge in [-0.15, -0.1) is 0 Å². The highest BCUT2D eigenvalue weighted by atomic mass is 19.4. The highest BCUT2D eigenvalue weighted by Gasteiger charge is 2.37. The van der Waals surface area contributed by atoms with Crippen molar-refractivity contribution >= 4 is 22.7 Å². The van der Waals surface area contributed by atoms with E-state index in [1.54, 1.807) is 0 Å². The number of alkyl halides is 6. The molecule has 0 saturated heterocycles. The molecule has 5 rings (SSSR count). The van der Waals surface area contributed by atoms with Crippen LogP contribution in [0.15, 0.2) is 65.4 Å². The van der Waals surface area contributed by atoms with E-state index in [-0.39, 0.29) is 30.7 Å². The van der Waals surface area contributed by atoms with Gasteiger partial charge >= 0.3 is 12.4 Å². The van der Waals surface area contributed by atoms with Crippen molar-refractivity contribution in [3.8, 4) is 0 Å². The van der Waals surface area contributed by atoms with Crippen LogP contribution in [0.3, 0.4) is 0 Å². The van der Waals surface area contributed by atoms with E-state index < -0.39 is 23.5 Å². The van der Waals surface area contributed by atoms with Gasteiger partial charge in [-0.25, -0.2) is 9.97 Å². The molecule has 11 heteroatoms. The molecule has 0 spiro atoms. The summed E-state index contributed by atoms with van der Waals surface area (Å²) in [4.78, 5) is 12.9. The molecule has 41 heavy (non-hydrogen) atoms. The summed E-state index contributed by atoms with van der Waals surface area (Å²) in [6.45, 7) is 3.36. The van der Waals surface area contributed by atoms with Crippen molar-refractivity contribution in [2.45, 2.75) is 58.0 Å². The summed E-state index contributed by atoms with van der Waals surface area (Å²) in [5.74, 6) is 1.26. The molecule has 4 aromatic rings. The van der Waals surface area contributed by atoms with Crippen molar-refractivity contribution in [1.29, 1.82) is 0 Å². The fourth-order valence-electron chi connectivity index (χ4n) is 5.51. The molecule has 1 aliphatic rings. The third kappa shape index (κ3) is 6.77. The third-order valence-electron chi connectivity index (χ3n) is 7.49. The van der Waals surface area contributed by atoms with Gasteiger partial charge in [0.2, 0.25) is 0 Å². The van der Waals surface area contributed by atoms with Crippen molar-refractivity contribution in [3.05, 3.63) is 83.2 Å². The number of halogens is 6. The molecule has 5 nitrogen and oxygen atoms in total. The molecule has 0 unspecified atom stereocenters. The van der Waals surface area contributed by atoms with E-state index in [0.29, 0.717) is 12.5 Å². The molecule has 0 amide bonds. The summed E-state index contributed by atoms with van der Waals surface area (Å²) in [6, 6.07) is 11.3. The number of pyridine rings is 1. The van der Waals surface area contributed by atoms with Crippen LogP contribution < -0.4 is 9.80 Å². The van der Waals surface area contributed by atoms with Gasteiger partial charge in [0.15, 0.2) is 0 Å². The second-order valence-electron chi connectivity index (χ2n) is 10.4. The Morgan fingerprint density at radius 2 is 1.56 bits per heavy atom. The highest BCUT2D eigenvalue weighted by Crippen LogP contribution is 2.37. The van der Waals surface area contributed by atoms with Crippen LogP contribution in [0.4, 0.5) is 38.2 Å². The van der Waals surface area contributed by atoms with Crippen molar-refractivity contribution in [1.82, 2.24) is 9.97 Å². The van der Waals surface area contributed by atoms with E-state index in [1.807, 2.05) is 37.3 Å². The molecule has 2 heterocycles. The first-order chi connectivity index (χ1) is 19.5. The lowest BCUT2D eigenvalue weighted by Crippen LogP contribution is -2.31. The van der Waals surface area contributed by atoms with Crippen LogP contribution >= 0.6 is 0 Å². The molecule has 1 fully saturated rings. The largest absolute Gasteiger partial charge is 0.432 e. The first kappa shape index (κ1) is 28.8. The van der Waals surface area contributed by atoms with Crippen LogP contribution in [0.2, 0.25) is 0 Å². The first-order valence-corrected chi connectivity index (χ1v) is 13.6. The highest BCUT2D eigenvalue weighted by molar-refractivity contribution is 5.82. The third-order valence-corrected chi connectivity index (χ3v) is 7.49. The van der Waals surface area contributed by atoms with E-state index >= 15 is 0 Å². The lowest BCUT2D eigenvalue weighted by molar-refractivity contribution is -0.143. The number of fused-ring (bicyclic) bond motifs is 1. The lowest BCUT2D eigenvalue weighted by atomic mass is 10.0. The van der Waals surface area contributed by atoms with E-state index in [1.165, 1.54) is 30.2 Å². The van der Waals surface area contributed by atoms with Crippen LogP contribution in [-0.4, -0.2) is 23.1 Å². The molecular weight excluding hydrogens is 546 g/mol. The second-order valence-corrected chi connectivity index (χ2v) is 10.4. The SMILES string of the molecule is CCN(CC1CCCC1)c1nc2ccccc2cc1CN(Cc1cc(C(F)(F)F)cc(C(F)(F)F)c1)c1ncco1. The van der Waals surface area contributed by atoms with Crippen LogP contribution in [-0.2, 0) is 25.4 Å². The van der Waals surface area contributed by atoms with E-state index in [2.05, 4.69) is 9.88 Å². The topological polar surface area (TPSA) is 45.4 Å². The Kier molecular flexibility index (Phi) is 8.15. The van der Waals surface area contributed by atoms with Gasteiger partial charge in [-0.05, 0) is 61.6 Å². The number of rotatable bonds is 9. The van der Waals surface area contributed by atoms with Gasteiger partial charge in [0.1, 0.15) is 12.1 Å². The Hall–Kier alpha value is -3.76. The maximum absolute atomic E-state index is 13.6. The van der Waals surface area contributed by atoms with Crippen molar-refractivity contribution in [3.63, 3.8) is 0 Å². The fourth-order valence-corrected chi connectivity index (χ4v) is 5.51. The maximum Gasteiger partial charge on any atom is 0.416 e. The fraction of sp³-hybridized carbons (Fsp3) is 0.400. The Bertz CT molecular complexity index is 1430. The van der Waals surface area contributed by atoms with Crippen LogP contribution in [0.5, 0.6) is 0 Å². The number of nitrogens with zero attached hydrogens (tertiary/aromatic N) is 4. The minimum absolute atomic E-state index is 0.0777. The van der Waals surface area contributed by atoms with Gasteiger partial charge < -0.3 is 14.2 Å². The number of oxazole rings is 1. The first-order valence-electron chi connectivity index (χ1n) is 13.6. The van der Waals surface area contributed by atoms with Crippen LogP contribution in [0.1, 0.15) is 54.9 Å². The van der Waals surface area contributed by atoms with Gasteiger partial charge in [-0.3, -0.25) is 0 Å². The molecule has 2 aromatic carbocycles. The molecular formula is C30H30F6N4O. The van der Waals surface area contributed by atoms with Gasteiger partial charge in [-0.1, -0.05) is 31.0 Å². The minimum atomic E-state index is -4.94. The molecule has 1 aliphatic carbocycles. The molecule has 0 radical (unpaired) electrons. The average molecular weight is 577 g/mol. The monoisotopic (exact) mass is 576 g/mol. The summed E-state index contributed by atoms with van der Waals surface area (Å²) < 4.78 is 86.9. The van der Waals surface area contributed by atoms with Crippen LogP contribution in [0.25, 0.3) is 10.9 Å².